The lowest BCUT2D eigenvalue weighted by atomic mass is 10.2. The predicted molar refractivity (Wildman–Crippen MR) is 108 cm³/mol. The van der Waals surface area contributed by atoms with Gasteiger partial charge in [-0.05, 0) is 45.6 Å². The number of rotatable bonds is 9. The van der Waals surface area contributed by atoms with Crippen molar-refractivity contribution in [2.24, 2.45) is 0 Å². The Morgan fingerprint density at radius 3 is 2.63 bits per heavy atom. The summed E-state index contributed by atoms with van der Waals surface area (Å²) >= 11 is 12.3. The summed E-state index contributed by atoms with van der Waals surface area (Å²) in [6, 6.07) is 5.71. The predicted octanol–water partition coefficient (Wildman–Crippen LogP) is 3.68. The van der Waals surface area contributed by atoms with Crippen LogP contribution in [0.15, 0.2) is 28.9 Å². The molecule has 0 saturated carbocycles. The van der Waals surface area contributed by atoms with Crippen LogP contribution < -0.4 is 5.32 Å². The number of likely N-dealkylation sites (N-methyl/N-ethyl adjacent to an activating group) is 1. The van der Waals surface area contributed by atoms with Crippen LogP contribution in [0.2, 0.25) is 10.0 Å². The molecule has 8 heteroatoms. The number of hydrogen-bond acceptors (Lipinski definition) is 5. The van der Waals surface area contributed by atoms with Crippen LogP contribution in [0.4, 0.5) is 0 Å². The van der Waals surface area contributed by atoms with Crippen molar-refractivity contribution in [1.29, 1.82) is 0 Å². The number of carbonyl (C=O) groups is 1. The first-order valence-electron chi connectivity index (χ1n) is 8.81. The number of carbonyl (C=O) groups excluding carboxylic acids is 1. The zero-order valence-corrected chi connectivity index (χ0v) is 17.6. The van der Waals surface area contributed by atoms with Crippen LogP contribution in [-0.4, -0.2) is 53.9 Å². The fourth-order valence-corrected chi connectivity index (χ4v) is 2.90. The maximum atomic E-state index is 12.1. The van der Waals surface area contributed by atoms with Crippen LogP contribution in [0, 0.1) is 0 Å². The summed E-state index contributed by atoms with van der Waals surface area (Å²) in [5.74, 6) is 0.259. The Labute approximate surface area is 170 Å². The fourth-order valence-electron chi connectivity index (χ4n) is 2.43. The molecule has 27 heavy (non-hydrogen) atoms. The molecule has 0 atom stereocenters. The summed E-state index contributed by atoms with van der Waals surface area (Å²) in [5, 5.41) is 4.06. The van der Waals surface area contributed by atoms with Crippen LogP contribution >= 0.6 is 23.2 Å². The van der Waals surface area contributed by atoms with Gasteiger partial charge in [-0.15, -0.1) is 0 Å². The van der Waals surface area contributed by atoms with E-state index in [9.17, 15) is 4.79 Å². The van der Waals surface area contributed by atoms with Gasteiger partial charge in [0.2, 0.25) is 5.89 Å². The Balaban J connectivity index is 2.00. The monoisotopic (exact) mass is 412 g/mol. The van der Waals surface area contributed by atoms with Gasteiger partial charge in [0.1, 0.15) is 6.26 Å². The van der Waals surface area contributed by atoms with Crippen LogP contribution in [0.5, 0.6) is 0 Å². The van der Waals surface area contributed by atoms with E-state index < -0.39 is 0 Å². The largest absolute Gasteiger partial charge is 0.447 e. The average molecular weight is 413 g/mol. The van der Waals surface area contributed by atoms with Crippen molar-refractivity contribution in [1.82, 2.24) is 20.1 Å². The number of nitrogens with one attached hydrogen (secondary N) is 1. The Morgan fingerprint density at radius 2 is 2.00 bits per heavy atom. The van der Waals surface area contributed by atoms with E-state index in [1.165, 1.54) is 6.26 Å². The zero-order valence-electron chi connectivity index (χ0n) is 16.1. The first kappa shape index (κ1) is 21.7. The van der Waals surface area contributed by atoms with E-state index in [4.69, 9.17) is 27.6 Å². The second-order valence-corrected chi connectivity index (χ2v) is 7.76. The topological polar surface area (TPSA) is 61.6 Å². The number of hydrogen-bond donors (Lipinski definition) is 1. The number of benzene rings is 1. The minimum Gasteiger partial charge on any atom is -0.447 e. The van der Waals surface area contributed by atoms with Crippen LogP contribution in [0.3, 0.4) is 0 Å². The molecule has 2 rings (SSSR count). The summed E-state index contributed by atoms with van der Waals surface area (Å²) in [5.41, 5.74) is 1.26. The lowest BCUT2D eigenvalue weighted by Gasteiger charge is -2.25. The van der Waals surface area contributed by atoms with E-state index in [-0.39, 0.29) is 17.6 Å². The van der Waals surface area contributed by atoms with Gasteiger partial charge >= 0.3 is 0 Å². The van der Waals surface area contributed by atoms with Crippen molar-refractivity contribution in [3.63, 3.8) is 0 Å². The third-order valence-corrected chi connectivity index (χ3v) is 4.67. The van der Waals surface area contributed by atoms with Crippen molar-refractivity contribution in [3.8, 4) is 0 Å². The summed E-state index contributed by atoms with van der Waals surface area (Å²) in [6.07, 6.45) is 1.40. The van der Waals surface area contributed by atoms with Crippen LogP contribution in [0.25, 0.3) is 0 Å². The molecule has 1 amide bonds. The molecule has 1 aromatic carbocycles. The maximum absolute atomic E-state index is 12.1. The zero-order chi connectivity index (χ0) is 20.0. The molecule has 0 aliphatic heterocycles. The van der Waals surface area contributed by atoms with Crippen molar-refractivity contribution in [3.05, 3.63) is 51.7 Å². The van der Waals surface area contributed by atoms with Gasteiger partial charge in [0.15, 0.2) is 5.69 Å². The minimum atomic E-state index is -0.233. The van der Waals surface area contributed by atoms with Gasteiger partial charge < -0.3 is 14.6 Å². The van der Waals surface area contributed by atoms with E-state index in [2.05, 4.69) is 29.0 Å². The van der Waals surface area contributed by atoms with E-state index in [1.54, 1.807) is 6.07 Å². The molecule has 0 radical (unpaired) electrons. The molecule has 0 aliphatic rings. The third kappa shape index (κ3) is 6.81. The molecule has 0 fully saturated rings. The first-order valence-corrected chi connectivity index (χ1v) is 9.57. The minimum absolute atomic E-state index is 0.233. The summed E-state index contributed by atoms with van der Waals surface area (Å²) in [4.78, 5) is 20.6. The molecule has 1 aromatic heterocycles. The van der Waals surface area contributed by atoms with E-state index in [1.807, 2.05) is 31.1 Å². The summed E-state index contributed by atoms with van der Waals surface area (Å²) < 4.78 is 5.50. The molecule has 0 spiro atoms. The van der Waals surface area contributed by atoms with Gasteiger partial charge in [0.25, 0.3) is 5.91 Å². The number of oxazole rings is 1. The van der Waals surface area contributed by atoms with Gasteiger partial charge in [-0.1, -0.05) is 29.3 Å². The number of amides is 1. The molecule has 6 nitrogen and oxygen atoms in total. The number of nitrogens with zero attached hydrogens (tertiary/aromatic N) is 3. The smallest absolute Gasteiger partial charge is 0.273 e. The number of aromatic nitrogens is 1. The highest BCUT2D eigenvalue weighted by Gasteiger charge is 2.18. The molecular weight excluding hydrogens is 387 g/mol. The lowest BCUT2D eigenvalue weighted by molar-refractivity contribution is 0.0946. The summed E-state index contributed by atoms with van der Waals surface area (Å²) in [6.45, 7) is 6.59. The van der Waals surface area contributed by atoms with Gasteiger partial charge in [0, 0.05) is 35.7 Å². The molecule has 2 aromatic rings. The molecule has 0 aliphatic carbocycles. The standard InChI is InChI=1S/C19H26Cl2N4O2/c1-13(2)25(10-14-5-6-15(20)9-16(14)21)11-18-23-17(12-27-18)19(26)22-7-8-24(3)4/h5-6,9,12-13H,7-8,10-11H2,1-4H3,(H,22,26). The molecule has 0 bridgehead atoms. The molecule has 0 saturated heterocycles. The lowest BCUT2D eigenvalue weighted by Crippen LogP contribution is -2.32. The number of halogens is 2. The highest BCUT2D eigenvalue weighted by molar-refractivity contribution is 6.35. The highest BCUT2D eigenvalue weighted by atomic mass is 35.5. The maximum Gasteiger partial charge on any atom is 0.273 e. The Kier molecular flexibility index (Phi) is 8.10. The van der Waals surface area contributed by atoms with E-state index >= 15 is 0 Å². The normalized spacial score (nSPS) is 11.6. The Hall–Kier alpha value is -1.60. The molecule has 0 unspecified atom stereocenters. The molecule has 1 N–H and O–H groups in total. The van der Waals surface area contributed by atoms with Gasteiger partial charge in [-0.3, -0.25) is 9.69 Å². The fraction of sp³-hybridized carbons (Fsp3) is 0.474. The van der Waals surface area contributed by atoms with Crippen molar-refractivity contribution in [2.75, 3.05) is 27.2 Å². The van der Waals surface area contributed by atoms with E-state index in [0.717, 1.165) is 12.1 Å². The highest BCUT2D eigenvalue weighted by Crippen LogP contribution is 2.23. The Bertz CT molecular complexity index is 762. The quantitative estimate of drug-likeness (QED) is 0.680. The second-order valence-electron chi connectivity index (χ2n) is 6.92. The second kappa shape index (κ2) is 10.1. The van der Waals surface area contributed by atoms with Crippen molar-refractivity contribution in [2.45, 2.75) is 33.0 Å². The third-order valence-electron chi connectivity index (χ3n) is 4.09. The van der Waals surface area contributed by atoms with Crippen molar-refractivity contribution >= 4 is 29.1 Å². The van der Waals surface area contributed by atoms with Gasteiger partial charge in [-0.25, -0.2) is 4.98 Å². The SMILES string of the molecule is CC(C)N(Cc1nc(C(=O)NCCN(C)C)co1)Cc1ccc(Cl)cc1Cl. The molecule has 148 valence electrons. The molecular formula is C19H26Cl2N4O2. The van der Waals surface area contributed by atoms with Crippen LogP contribution in [-0.2, 0) is 13.1 Å². The first-order chi connectivity index (χ1) is 12.8. The van der Waals surface area contributed by atoms with E-state index in [0.29, 0.717) is 35.6 Å². The van der Waals surface area contributed by atoms with Gasteiger partial charge in [-0.2, -0.15) is 0 Å². The Morgan fingerprint density at radius 1 is 1.26 bits per heavy atom. The summed E-state index contributed by atoms with van der Waals surface area (Å²) in [7, 11) is 3.90. The average Bonchev–Trinajstić information content (AvgIpc) is 3.04. The van der Waals surface area contributed by atoms with Crippen LogP contribution in [0.1, 0.15) is 35.8 Å². The molecule has 1 heterocycles. The van der Waals surface area contributed by atoms with Gasteiger partial charge in [0.05, 0.1) is 6.54 Å². The van der Waals surface area contributed by atoms with Crippen molar-refractivity contribution < 1.29 is 9.21 Å².